The average Bonchev–Trinajstić information content (AvgIpc) is 2.28. The van der Waals surface area contributed by atoms with Gasteiger partial charge in [-0.2, -0.15) is 0 Å². The number of rotatable bonds is 5. The molecule has 0 bridgehead atoms. The molecule has 0 spiro atoms. The Morgan fingerprint density at radius 1 is 1.59 bits per heavy atom. The predicted octanol–water partition coefficient (Wildman–Crippen LogP) is 0.778. The largest absolute Gasteiger partial charge is 0.390 e. The fraction of sp³-hybridized carbons (Fsp3) is 0.500. The summed E-state index contributed by atoms with van der Waals surface area (Å²) >= 11 is 0. The van der Waals surface area contributed by atoms with Crippen molar-refractivity contribution < 1.29 is 10.2 Å². The normalized spacial score (nSPS) is 13.8. The second-order valence-corrected chi connectivity index (χ2v) is 3.69. The lowest BCUT2D eigenvalue weighted by atomic mass is 10.00. The summed E-state index contributed by atoms with van der Waals surface area (Å²) in [6.45, 7) is 1.78. The van der Waals surface area contributed by atoms with Gasteiger partial charge < -0.3 is 15.2 Å². The molecule has 0 saturated carbocycles. The summed E-state index contributed by atoms with van der Waals surface area (Å²) < 4.78 is 0. The van der Waals surface area contributed by atoms with Crippen molar-refractivity contribution in [3.8, 4) is 0 Å². The molecule has 7 nitrogen and oxygen atoms in total. The third-order valence-corrected chi connectivity index (χ3v) is 2.44. The van der Waals surface area contributed by atoms with E-state index in [1.807, 2.05) is 0 Å². The van der Waals surface area contributed by atoms with Crippen LogP contribution in [0.2, 0.25) is 0 Å². The van der Waals surface area contributed by atoms with Gasteiger partial charge in [0.1, 0.15) is 6.10 Å². The number of azide groups is 1. The molecule has 2 unspecified atom stereocenters. The van der Waals surface area contributed by atoms with Crippen LogP contribution in [0.15, 0.2) is 22.2 Å². The van der Waals surface area contributed by atoms with E-state index in [1.165, 1.54) is 12.3 Å². The highest BCUT2D eigenvalue weighted by Crippen LogP contribution is 2.20. The van der Waals surface area contributed by atoms with Crippen molar-refractivity contribution in [1.29, 1.82) is 0 Å². The van der Waals surface area contributed by atoms with E-state index < -0.39 is 12.2 Å². The van der Waals surface area contributed by atoms with Crippen molar-refractivity contribution in [1.82, 2.24) is 4.98 Å². The Hall–Kier alpha value is -1.82. The lowest BCUT2D eigenvalue weighted by Gasteiger charge is -2.18. The highest BCUT2D eigenvalue weighted by atomic mass is 16.3. The maximum absolute atomic E-state index is 11.0. The van der Waals surface area contributed by atoms with E-state index in [-0.39, 0.29) is 18.5 Å². The molecule has 0 aliphatic rings. The van der Waals surface area contributed by atoms with Crippen LogP contribution in [0.3, 0.4) is 0 Å². The van der Waals surface area contributed by atoms with Crippen LogP contribution in [-0.2, 0) is 0 Å². The highest BCUT2D eigenvalue weighted by molar-refractivity contribution is 5.24. The van der Waals surface area contributed by atoms with Crippen molar-refractivity contribution in [3.05, 3.63) is 44.2 Å². The zero-order valence-electron chi connectivity index (χ0n) is 9.37. The van der Waals surface area contributed by atoms with E-state index in [0.29, 0.717) is 11.1 Å². The zero-order chi connectivity index (χ0) is 12.8. The molecular weight excluding hydrogens is 224 g/mol. The molecule has 0 radical (unpaired) electrons. The first-order chi connectivity index (χ1) is 8.06. The van der Waals surface area contributed by atoms with E-state index >= 15 is 0 Å². The molecule has 1 aromatic heterocycles. The highest BCUT2D eigenvalue weighted by Gasteiger charge is 2.19. The second kappa shape index (κ2) is 6.05. The van der Waals surface area contributed by atoms with Gasteiger partial charge in [-0.25, -0.2) is 0 Å². The van der Waals surface area contributed by atoms with Crippen LogP contribution < -0.4 is 5.56 Å². The Labute approximate surface area is 97.4 Å². The summed E-state index contributed by atoms with van der Waals surface area (Å²) in [5.74, 6) is 0. The molecule has 0 aromatic carbocycles. The minimum atomic E-state index is -1.11. The first kappa shape index (κ1) is 13.2. The van der Waals surface area contributed by atoms with Crippen molar-refractivity contribution in [2.45, 2.75) is 25.6 Å². The van der Waals surface area contributed by atoms with Crippen LogP contribution in [0.4, 0.5) is 0 Å². The summed E-state index contributed by atoms with van der Waals surface area (Å²) in [5, 5.41) is 22.8. The molecule has 0 aliphatic heterocycles. The molecule has 7 heteroatoms. The molecule has 1 heterocycles. The minimum Gasteiger partial charge on any atom is -0.390 e. The van der Waals surface area contributed by atoms with Crippen LogP contribution in [0.25, 0.3) is 10.4 Å². The number of aliphatic hydroxyl groups is 2. The lowest BCUT2D eigenvalue weighted by molar-refractivity contribution is 0.0144. The van der Waals surface area contributed by atoms with Gasteiger partial charge in [-0.05, 0) is 24.4 Å². The van der Waals surface area contributed by atoms with E-state index in [4.69, 9.17) is 5.53 Å². The molecule has 92 valence electrons. The molecule has 3 N–H and O–H groups in total. The van der Waals surface area contributed by atoms with Crippen LogP contribution in [0.1, 0.15) is 23.7 Å². The van der Waals surface area contributed by atoms with Gasteiger partial charge in [-0.1, -0.05) is 5.11 Å². The summed E-state index contributed by atoms with van der Waals surface area (Å²) in [5.41, 5.74) is 8.88. The van der Waals surface area contributed by atoms with Crippen LogP contribution in [0, 0.1) is 6.92 Å². The van der Waals surface area contributed by atoms with Gasteiger partial charge in [0.05, 0.1) is 6.10 Å². The van der Waals surface area contributed by atoms with E-state index in [1.54, 1.807) is 6.92 Å². The summed E-state index contributed by atoms with van der Waals surface area (Å²) in [4.78, 5) is 16.0. The smallest absolute Gasteiger partial charge is 0.248 e. The quantitative estimate of drug-likeness (QED) is 0.399. The first-order valence-corrected chi connectivity index (χ1v) is 5.12. The molecule has 17 heavy (non-hydrogen) atoms. The van der Waals surface area contributed by atoms with Gasteiger partial charge in [0.2, 0.25) is 5.56 Å². The molecule has 0 aliphatic carbocycles. The van der Waals surface area contributed by atoms with Crippen molar-refractivity contribution in [2.75, 3.05) is 6.54 Å². The number of aromatic nitrogens is 1. The SMILES string of the molecule is Cc1cc(=O)[nH]cc1C(O)C(O)CCN=[N+]=[N-]. The Kier molecular flexibility index (Phi) is 4.71. The van der Waals surface area contributed by atoms with Crippen molar-refractivity contribution in [2.24, 2.45) is 5.11 Å². The van der Waals surface area contributed by atoms with Crippen LogP contribution >= 0.6 is 0 Å². The molecular formula is C10H14N4O3. The van der Waals surface area contributed by atoms with E-state index in [0.717, 1.165) is 0 Å². The lowest BCUT2D eigenvalue weighted by Crippen LogP contribution is -2.21. The van der Waals surface area contributed by atoms with Gasteiger partial charge in [-0.3, -0.25) is 4.79 Å². The van der Waals surface area contributed by atoms with Crippen LogP contribution in [0.5, 0.6) is 0 Å². The number of pyridine rings is 1. The van der Waals surface area contributed by atoms with Gasteiger partial charge in [0.15, 0.2) is 0 Å². The summed E-state index contributed by atoms with van der Waals surface area (Å²) in [7, 11) is 0. The van der Waals surface area contributed by atoms with Gasteiger partial charge in [-0.15, -0.1) is 0 Å². The molecule has 2 atom stereocenters. The summed E-state index contributed by atoms with van der Waals surface area (Å²) in [6, 6.07) is 1.35. The van der Waals surface area contributed by atoms with E-state index in [2.05, 4.69) is 15.0 Å². The summed E-state index contributed by atoms with van der Waals surface area (Å²) in [6.07, 6.45) is -0.617. The monoisotopic (exact) mass is 238 g/mol. The number of H-pyrrole nitrogens is 1. The fourth-order valence-corrected chi connectivity index (χ4v) is 1.50. The number of hydrogen-bond donors (Lipinski definition) is 3. The zero-order valence-corrected chi connectivity index (χ0v) is 9.37. The molecule has 0 saturated heterocycles. The fourth-order valence-electron chi connectivity index (χ4n) is 1.50. The Morgan fingerprint density at radius 3 is 2.88 bits per heavy atom. The van der Waals surface area contributed by atoms with Gasteiger partial charge >= 0.3 is 0 Å². The Bertz CT molecular complexity index is 479. The molecule has 1 aromatic rings. The van der Waals surface area contributed by atoms with Gasteiger partial charge in [0, 0.05) is 29.3 Å². The Balaban J connectivity index is 2.77. The van der Waals surface area contributed by atoms with E-state index in [9.17, 15) is 15.0 Å². The number of nitrogens with zero attached hydrogens (tertiary/aromatic N) is 3. The maximum atomic E-state index is 11.0. The third kappa shape index (κ3) is 3.60. The first-order valence-electron chi connectivity index (χ1n) is 5.12. The number of aromatic amines is 1. The third-order valence-electron chi connectivity index (χ3n) is 2.44. The maximum Gasteiger partial charge on any atom is 0.248 e. The number of nitrogens with one attached hydrogen (secondary N) is 1. The van der Waals surface area contributed by atoms with Crippen molar-refractivity contribution >= 4 is 0 Å². The number of aliphatic hydroxyl groups excluding tert-OH is 2. The number of hydrogen-bond acceptors (Lipinski definition) is 4. The topological polar surface area (TPSA) is 122 Å². The Morgan fingerprint density at radius 2 is 2.29 bits per heavy atom. The average molecular weight is 238 g/mol. The molecule has 0 amide bonds. The van der Waals surface area contributed by atoms with Gasteiger partial charge in [0.25, 0.3) is 0 Å². The number of aryl methyl sites for hydroxylation is 1. The second-order valence-electron chi connectivity index (χ2n) is 3.69. The molecule has 1 rings (SSSR count). The minimum absolute atomic E-state index is 0.108. The standard InChI is InChI=1S/C10H14N4O3/c1-6-4-9(16)12-5-7(6)10(17)8(15)2-3-13-14-11/h4-5,8,10,15,17H,2-3H2,1H3,(H,12,16). The van der Waals surface area contributed by atoms with Crippen molar-refractivity contribution in [3.63, 3.8) is 0 Å². The molecule has 0 fully saturated rings. The predicted molar refractivity (Wildman–Crippen MR) is 61.4 cm³/mol. The van der Waals surface area contributed by atoms with Crippen LogP contribution in [-0.4, -0.2) is 27.8 Å².